The number of epoxide rings is 1. The fourth-order valence-electron chi connectivity index (χ4n) is 0.230. The highest BCUT2D eigenvalue weighted by Gasteiger charge is 2.27. The molecule has 1 heteroatoms. The van der Waals surface area contributed by atoms with Crippen LogP contribution in [-0.2, 0) is 4.74 Å². The smallest absolute Gasteiger partial charge is 0.0840 e. The van der Waals surface area contributed by atoms with E-state index in [9.17, 15) is 0 Å². The maximum Gasteiger partial charge on any atom is 0.0840 e. The molecular weight excluding hydrogens is 64.0 g/mol. The van der Waals surface area contributed by atoms with Crippen LogP contribution in [0.15, 0.2) is 0 Å². The predicted molar refractivity (Wildman–Crippen MR) is 19.7 cm³/mol. The van der Waals surface area contributed by atoms with Gasteiger partial charge in [-0.1, -0.05) is 0 Å². The van der Waals surface area contributed by atoms with Crippen molar-refractivity contribution >= 4 is 0 Å². The van der Waals surface area contributed by atoms with Gasteiger partial charge in [-0.3, -0.25) is 0 Å². The van der Waals surface area contributed by atoms with Gasteiger partial charge in [-0.25, -0.2) is 0 Å². The SMILES string of the molecule is [CH2][C@@H]1O[C@H]1C. The zero-order valence-corrected chi connectivity index (χ0v) is 3.27. The third-order valence-electron chi connectivity index (χ3n) is 0.836. The van der Waals surface area contributed by atoms with Gasteiger partial charge in [0, 0.05) is 0 Å². The van der Waals surface area contributed by atoms with Gasteiger partial charge in [0.15, 0.2) is 0 Å². The fraction of sp³-hybridized carbons (Fsp3) is 0.750. The second kappa shape index (κ2) is 0.716. The van der Waals surface area contributed by atoms with Crippen molar-refractivity contribution < 1.29 is 4.74 Å². The molecule has 1 aliphatic heterocycles. The molecule has 0 aliphatic carbocycles. The highest BCUT2D eigenvalue weighted by Crippen LogP contribution is 2.17. The van der Waals surface area contributed by atoms with Crippen LogP contribution < -0.4 is 0 Å². The average molecular weight is 71.1 g/mol. The normalized spacial score (nSPS) is 49.2. The quantitative estimate of drug-likeness (QED) is 0.381. The van der Waals surface area contributed by atoms with E-state index in [-0.39, 0.29) is 0 Å². The molecule has 5 heavy (non-hydrogen) atoms. The molecule has 1 saturated heterocycles. The molecule has 0 spiro atoms. The van der Waals surface area contributed by atoms with Gasteiger partial charge >= 0.3 is 0 Å². The number of hydrogen-bond acceptors (Lipinski definition) is 1. The Hall–Kier alpha value is -0.0400. The number of rotatable bonds is 0. The molecule has 2 atom stereocenters. The summed E-state index contributed by atoms with van der Waals surface area (Å²) in [5.74, 6) is 0. The van der Waals surface area contributed by atoms with Gasteiger partial charge < -0.3 is 4.74 Å². The van der Waals surface area contributed by atoms with Gasteiger partial charge in [0.05, 0.1) is 12.2 Å². The lowest BCUT2D eigenvalue weighted by Gasteiger charge is -1.57. The van der Waals surface area contributed by atoms with E-state index in [2.05, 4.69) is 6.92 Å². The summed E-state index contributed by atoms with van der Waals surface area (Å²) in [6.07, 6.45) is 0.741. The Bertz CT molecular complexity index is 36.9. The first kappa shape index (κ1) is 3.16. The van der Waals surface area contributed by atoms with E-state index in [0.29, 0.717) is 12.2 Å². The lowest BCUT2D eigenvalue weighted by molar-refractivity contribution is 0.399. The number of ether oxygens (including phenoxy) is 1. The summed E-state index contributed by atoms with van der Waals surface area (Å²) in [4.78, 5) is 0. The summed E-state index contributed by atoms with van der Waals surface area (Å²) in [5.41, 5.74) is 0. The van der Waals surface area contributed by atoms with E-state index in [0.717, 1.165) is 0 Å². The van der Waals surface area contributed by atoms with Crippen molar-refractivity contribution in [2.75, 3.05) is 0 Å². The standard InChI is InChI=1S/C4H7O/c1-3-4(2)5-3/h3-4H,1H2,2H3/t3-,4-/m0/s1. The maximum absolute atomic E-state index is 4.81. The van der Waals surface area contributed by atoms with Gasteiger partial charge in [0.1, 0.15) is 0 Å². The molecule has 0 aromatic heterocycles. The summed E-state index contributed by atoms with van der Waals surface area (Å²) in [6.45, 7) is 5.62. The van der Waals surface area contributed by atoms with E-state index in [4.69, 9.17) is 4.74 Å². The zero-order valence-electron chi connectivity index (χ0n) is 3.27. The Morgan fingerprint density at radius 1 is 1.80 bits per heavy atom. The van der Waals surface area contributed by atoms with Crippen LogP contribution in [0.1, 0.15) is 6.92 Å². The lowest BCUT2D eigenvalue weighted by atomic mass is 10.4. The van der Waals surface area contributed by atoms with Crippen molar-refractivity contribution in [3.63, 3.8) is 0 Å². The third-order valence-corrected chi connectivity index (χ3v) is 0.836. The first-order valence-electron chi connectivity index (χ1n) is 1.79. The minimum absolute atomic E-state index is 0.301. The summed E-state index contributed by atoms with van der Waals surface area (Å²) >= 11 is 0. The van der Waals surface area contributed by atoms with Gasteiger partial charge in [-0.05, 0) is 13.8 Å². The molecule has 1 radical (unpaired) electrons. The fourth-order valence-corrected chi connectivity index (χ4v) is 0.230. The molecule has 1 fully saturated rings. The predicted octanol–water partition coefficient (Wildman–Crippen LogP) is 0.608. The average Bonchev–Trinajstić information content (AvgIpc) is 1.79. The molecule has 29 valence electrons. The Balaban J connectivity index is 2.20. The molecule has 0 unspecified atom stereocenters. The van der Waals surface area contributed by atoms with E-state index in [1.54, 1.807) is 0 Å². The van der Waals surface area contributed by atoms with Crippen LogP contribution in [0, 0.1) is 6.92 Å². The van der Waals surface area contributed by atoms with Crippen LogP contribution in [-0.4, -0.2) is 12.2 Å². The molecule has 0 saturated carbocycles. The third kappa shape index (κ3) is 0.428. The monoisotopic (exact) mass is 71.0 g/mol. The second-order valence-corrected chi connectivity index (χ2v) is 1.38. The first-order valence-corrected chi connectivity index (χ1v) is 1.79. The van der Waals surface area contributed by atoms with Crippen molar-refractivity contribution in [2.24, 2.45) is 0 Å². The van der Waals surface area contributed by atoms with Crippen LogP contribution in [0.4, 0.5) is 0 Å². The van der Waals surface area contributed by atoms with E-state index in [1.165, 1.54) is 0 Å². The molecule has 1 rings (SSSR count). The summed E-state index contributed by atoms with van der Waals surface area (Å²) in [7, 11) is 0. The molecule has 1 aliphatic rings. The highest BCUT2D eigenvalue weighted by molar-refractivity contribution is 4.81. The van der Waals surface area contributed by atoms with Gasteiger partial charge in [0.25, 0.3) is 0 Å². The van der Waals surface area contributed by atoms with Crippen molar-refractivity contribution in [1.29, 1.82) is 0 Å². The van der Waals surface area contributed by atoms with E-state index >= 15 is 0 Å². The first-order chi connectivity index (χ1) is 2.30. The van der Waals surface area contributed by atoms with Crippen molar-refractivity contribution in [2.45, 2.75) is 19.1 Å². The largest absolute Gasteiger partial charge is 0.370 e. The Morgan fingerprint density at radius 2 is 2.00 bits per heavy atom. The van der Waals surface area contributed by atoms with E-state index < -0.39 is 0 Å². The van der Waals surface area contributed by atoms with Crippen molar-refractivity contribution in [3.8, 4) is 0 Å². The molecule has 0 amide bonds. The molecule has 0 bridgehead atoms. The molecular formula is C4H7O. The van der Waals surface area contributed by atoms with Crippen molar-refractivity contribution in [1.82, 2.24) is 0 Å². The summed E-state index contributed by atoms with van der Waals surface area (Å²) in [5, 5.41) is 0. The molecule has 0 N–H and O–H groups in total. The highest BCUT2D eigenvalue weighted by atomic mass is 16.6. The Labute approximate surface area is 31.9 Å². The molecule has 0 aromatic carbocycles. The topological polar surface area (TPSA) is 12.5 Å². The Kier molecular flexibility index (Phi) is 0.453. The Morgan fingerprint density at radius 3 is 2.00 bits per heavy atom. The van der Waals surface area contributed by atoms with Gasteiger partial charge in [0.2, 0.25) is 0 Å². The zero-order chi connectivity index (χ0) is 3.86. The molecule has 1 heterocycles. The van der Waals surface area contributed by atoms with Gasteiger partial charge in [-0.2, -0.15) is 0 Å². The van der Waals surface area contributed by atoms with Crippen LogP contribution in [0.5, 0.6) is 0 Å². The minimum atomic E-state index is 0.301. The van der Waals surface area contributed by atoms with Crippen molar-refractivity contribution in [3.05, 3.63) is 6.92 Å². The maximum atomic E-state index is 4.81. The second-order valence-electron chi connectivity index (χ2n) is 1.38. The minimum Gasteiger partial charge on any atom is -0.370 e. The molecule has 0 aromatic rings. The summed E-state index contributed by atoms with van der Waals surface area (Å²) < 4.78 is 4.81. The van der Waals surface area contributed by atoms with E-state index in [1.807, 2.05) is 6.92 Å². The number of hydrogen-bond donors (Lipinski definition) is 0. The van der Waals surface area contributed by atoms with Crippen LogP contribution in [0.25, 0.3) is 0 Å². The van der Waals surface area contributed by atoms with Crippen LogP contribution >= 0.6 is 0 Å². The van der Waals surface area contributed by atoms with Crippen LogP contribution in [0.2, 0.25) is 0 Å². The van der Waals surface area contributed by atoms with Gasteiger partial charge in [-0.15, -0.1) is 0 Å². The lowest BCUT2D eigenvalue weighted by Crippen LogP contribution is -1.74. The summed E-state index contributed by atoms with van der Waals surface area (Å²) in [6, 6.07) is 0. The molecule has 1 nitrogen and oxygen atoms in total. The van der Waals surface area contributed by atoms with Crippen LogP contribution in [0.3, 0.4) is 0 Å².